The number of hydrogen-bond acceptors (Lipinski definition) is 11. The maximum absolute atomic E-state index is 11.6. The second kappa shape index (κ2) is 17.4. The number of carbonyl (C=O) groups is 1. The van der Waals surface area contributed by atoms with Gasteiger partial charge in [-0.2, -0.15) is 43.2 Å². The average Bonchev–Trinajstić information content (AvgIpc) is 3.00. The first-order valence-electron chi connectivity index (χ1n) is 10.8. The SMILES string of the molecule is C[C@]12CC[C@@H]3C4=C(CC[C@H]3[C@@H]1CC[C@@H]2O)CC(=O)C=C4.N.N.N.N.N.O=S(=O)(O)C(F)(F)F.O=S(=O)(O)C(F)(F)F.[Os]. The predicted molar refractivity (Wildman–Crippen MR) is 138 cm³/mol. The second-order valence-corrected chi connectivity index (χ2v) is 12.3. The van der Waals surface area contributed by atoms with Crippen molar-refractivity contribution in [2.24, 2.45) is 23.2 Å². The number of carbonyl (C=O) groups excluding carboxylic acids is 1. The number of allylic oxidation sites excluding steroid dienone is 4. The molecule has 0 heterocycles. The Balaban J connectivity index is -0.000000180. The minimum absolute atomic E-state index is 0. The van der Waals surface area contributed by atoms with Crippen molar-refractivity contribution in [3.63, 3.8) is 0 Å². The molecule has 0 aliphatic heterocycles. The first-order chi connectivity index (χ1) is 16.1. The zero-order valence-electron chi connectivity index (χ0n) is 22.8. The van der Waals surface area contributed by atoms with Gasteiger partial charge in [0.05, 0.1) is 6.10 Å². The average molecular weight is 848 g/mol. The van der Waals surface area contributed by atoms with Crippen LogP contribution in [0.4, 0.5) is 26.3 Å². The number of halogens is 6. The predicted octanol–water partition coefficient (Wildman–Crippen LogP) is 5.00. The Morgan fingerprint density at radius 3 is 1.64 bits per heavy atom. The van der Waals surface area contributed by atoms with Gasteiger partial charge in [-0.15, -0.1) is 0 Å². The van der Waals surface area contributed by atoms with Crippen LogP contribution in [0.5, 0.6) is 0 Å². The van der Waals surface area contributed by atoms with Gasteiger partial charge in [0.2, 0.25) is 0 Å². The molecule has 0 spiro atoms. The van der Waals surface area contributed by atoms with E-state index in [1.165, 1.54) is 30.4 Å². The third-order valence-electron chi connectivity index (χ3n) is 7.40. The molecule has 22 heteroatoms. The van der Waals surface area contributed by atoms with Crippen LogP contribution in [0.15, 0.2) is 23.3 Å². The summed E-state index contributed by atoms with van der Waals surface area (Å²) >= 11 is 0. The molecule has 4 aliphatic rings. The molecule has 4 rings (SSSR count). The summed E-state index contributed by atoms with van der Waals surface area (Å²) in [5.74, 6) is 2.37. The second-order valence-electron chi connectivity index (χ2n) is 9.43. The summed E-state index contributed by atoms with van der Waals surface area (Å²) < 4.78 is 115. The van der Waals surface area contributed by atoms with Crippen LogP contribution >= 0.6 is 0 Å². The van der Waals surface area contributed by atoms with E-state index in [1.54, 1.807) is 6.08 Å². The zero-order chi connectivity index (χ0) is 27.9. The van der Waals surface area contributed by atoms with Gasteiger partial charge >= 0.3 is 31.3 Å². The number of fused-ring (bicyclic) bond motifs is 4. The summed E-state index contributed by atoms with van der Waals surface area (Å²) in [6, 6.07) is 0. The fraction of sp³-hybridized carbons (Fsp3) is 0.750. The Labute approximate surface area is 253 Å². The molecule has 0 aromatic rings. The normalized spacial score (nSPS) is 27.7. The van der Waals surface area contributed by atoms with E-state index >= 15 is 0 Å². The van der Waals surface area contributed by atoms with Crippen molar-refractivity contribution < 1.29 is 82.0 Å². The molecule has 18 N–H and O–H groups in total. The Morgan fingerprint density at radius 2 is 1.24 bits per heavy atom. The quantitative estimate of drug-likeness (QED) is 0.0905. The summed E-state index contributed by atoms with van der Waals surface area (Å²) in [4.78, 5) is 11.6. The number of aliphatic hydroxyl groups excluding tert-OH is 1. The first-order valence-corrected chi connectivity index (χ1v) is 13.7. The Hall–Kier alpha value is -1.05. The van der Waals surface area contributed by atoms with Crippen molar-refractivity contribution in [2.45, 2.75) is 69.0 Å². The van der Waals surface area contributed by atoms with E-state index in [2.05, 4.69) is 13.0 Å². The Morgan fingerprint density at radius 1 is 0.810 bits per heavy atom. The summed E-state index contributed by atoms with van der Waals surface area (Å²) in [6.07, 6.45) is 11.4. The largest absolute Gasteiger partial charge is 0.522 e. The molecule has 0 bridgehead atoms. The van der Waals surface area contributed by atoms with E-state index in [4.69, 9.17) is 25.9 Å². The molecule has 0 saturated heterocycles. The summed E-state index contributed by atoms with van der Waals surface area (Å²) in [5.41, 5.74) is -8.00. The van der Waals surface area contributed by atoms with Crippen LogP contribution in [0.3, 0.4) is 0 Å². The molecule has 5 atom stereocenters. The molecular formula is C20H41F6N5O8OsS2. The van der Waals surface area contributed by atoms with Gasteiger partial charge in [0.1, 0.15) is 0 Å². The van der Waals surface area contributed by atoms with Crippen molar-refractivity contribution in [1.82, 2.24) is 30.8 Å². The van der Waals surface area contributed by atoms with Crippen LogP contribution in [0, 0.1) is 23.2 Å². The van der Waals surface area contributed by atoms with Crippen molar-refractivity contribution in [2.75, 3.05) is 0 Å². The van der Waals surface area contributed by atoms with Crippen LogP contribution < -0.4 is 30.8 Å². The molecular weight excluding hydrogens is 807 g/mol. The molecule has 0 radical (unpaired) electrons. The van der Waals surface area contributed by atoms with Crippen LogP contribution in [-0.2, 0) is 44.8 Å². The van der Waals surface area contributed by atoms with Crippen LogP contribution in [0.1, 0.15) is 51.9 Å². The number of aliphatic hydroxyl groups is 1. The summed E-state index contributed by atoms with van der Waals surface area (Å²) in [5, 5.41) is 10.4. The van der Waals surface area contributed by atoms with Gasteiger partial charge < -0.3 is 35.9 Å². The molecule has 0 aromatic carbocycles. The minimum atomic E-state index is -5.84. The van der Waals surface area contributed by atoms with Gasteiger partial charge in [-0.05, 0) is 73.3 Å². The van der Waals surface area contributed by atoms with Gasteiger partial charge in [0, 0.05) is 26.2 Å². The van der Waals surface area contributed by atoms with E-state index in [0.717, 1.165) is 25.2 Å². The zero-order valence-corrected chi connectivity index (χ0v) is 26.9. The van der Waals surface area contributed by atoms with E-state index in [1.807, 2.05) is 0 Å². The molecule has 0 amide bonds. The molecule has 0 unspecified atom stereocenters. The van der Waals surface area contributed by atoms with Crippen molar-refractivity contribution in [3.8, 4) is 0 Å². The topological polar surface area (TPSA) is 321 Å². The molecule has 0 aromatic heterocycles. The number of hydrogen-bond donors (Lipinski definition) is 8. The molecule has 4 aliphatic carbocycles. The maximum atomic E-state index is 11.6. The maximum Gasteiger partial charge on any atom is 0.522 e. The third-order valence-corrected chi connectivity index (χ3v) is 8.57. The van der Waals surface area contributed by atoms with Crippen molar-refractivity contribution in [3.05, 3.63) is 23.3 Å². The standard InChI is InChI=1S/C18H24O2.2CHF3O3S.5H3N.Os/c1-18-9-8-14-13-5-3-12(19)10-11(13)2-4-15(14)16(18)6-7-17(18)20;2*2-1(3,4)8(5,6)7;;;;;;/h3,5,14-17,20H,2,4,6-10H2,1H3;2*(H,5,6,7);5*1H3;/t14-,15-,16+,17+,18+;;;;;;;;/m1......../s1. The fourth-order valence-electron chi connectivity index (χ4n) is 5.68. The number of alkyl halides is 6. The summed E-state index contributed by atoms with van der Waals surface area (Å²) in [7, 11) is -11.7. The van der Waals surface area contributed by atoms with Crippen LogP contribution in [0.25, 0.3) is 0 Å². The van der Waals surface area contributed by atoms with Gasteiger partial charge in [0.15, 0.2) is 5.78 Å². The molecule has 256 valence electrons. The van der Waals surface area contributed by atoms with Crippen molar-refractivity contribution >= 4 is 26.0 Å². The molecule has 13 nitrogen and oxygen atoms in total. The third kappa shape index (κ3) is 11.5. The minimum Gasteiger partial charge on any atom is -0.393 e. The first kappa shape index (κ1) is 50.6. The van der Waals surface area contributed by atoms with Gasteiger partial charge in [-0.25, -0.2) is 0 Å². The monoisotopic (exact) mass is 849 g/mol. The molecule has 42 heavy (non-hydrogen) atoms. The van der Waals surface area contributed by atoms with Crippen molar-refractivity contribution in [1.29, 1.82) is 0 Å². The van der Waals surface area contributed by atoms with Crippen LogP contribution in [0.2, 0.25) is 0 Å². The van der Waals surface area contributed by atoms with Gasteiger partial charge in [0.25, 0.3) is 0 Å². The fourth-order valence-corrected chi connectivity index (χ4v) is 5.68. The Kier molecular flexibility index (Phi) is 21.0. The molecule has 2 fully saturated rings. The smallest absolute Gasteiger partial charge is 0.393 e. The molecule has 2 saturated carbocycles. The van der Waals surface area contributed by atoms with E-state index in [0.29, 0.717) is 18.3 Å². The van der Waals surface area contributed by atoms with E-state index < -0.39 is 31.3 Å². The number of rotatable bonds is 0. The van der Waals surface area contributed by atoms with Gasteiger partial charge in [-0.1, -0.05) is 18.6 Å². The Bertz CT molecular complexity index is 1110. The van der Waals surface area contributed by atoms with E-state index in [9.17, 15) is 36.2 Å². The number of ketones is 1. The van der Waals surface area contributed by atoms with E-state index in [-0.39, 0.29) is 67.8 Å². The van der Waals surface area contributed by atoms with Gasteiger partial charge in [-0.3, -0.25) is 13.9 Å². The summed E-state index contributed by atoms with van der Waals surface area (Å²) in [6.45, 7) is 2.32. The van der Waals surface area contributed by atoms with Crippen LogP contribution in [-0.4, -0.2) is 54.0 Å².